The molecular formula is C26H28ClN3O2. The number of carbonyl (C=O) groups is 2. The molecule has 4 rings (SSSR count). The quantitative estimate of drug-likeness (QED) is 0.545. The summed E-state index contributed by atoms with van der Waals surface area (Å²) in [6, 6.07) is 22.2. The molecule has 1 heterocycles. The molecule has 2 atom stereocenters. The highest BCUT2D eigenvalue weighted by molar-refractivity contribution is 5.98. The van der Waals surface area contributed by atoms with E-state index in [0.717, 1.165) is 27.9 Å². The van der Waals surface area contributed by atoms with Gasteiger partial charge in [-0.3, -0.25) is 9.59 Å². The average Bonchev–Trinajstić information content (AvgIpc) is 2.76. The van der Waals surface area contributed by atoms with Crippen LogP contribution in [0.5, 0.6) is 0 Å². The zero-order valence-electron chi connectivity index (χ0n) is 18.2. The molecule has 5 nitrogen and oxygen atoms in total. The van der Waals surface area contributed by atoms with Gasteiger partial charge in [-0.2, -0.15) is 0 Å². The van der Waals surface area contributed by atoms with E-state index in [1.807, 2.05) is 68.4 Å². The summed E-state index contributed by atoms with van der Waals surface area (Å²) in [5.41, 5.74) is 5.98. The third kappa shape index (κ3) is 5.55. The van der Waals surface area contributed by atoms with E-state index in [1.54, 1.807) is 0 Å². The van der Waals surface area contributed by atoms with Gasteiger partial charge in [0.15, 0.2) is 0 Å². The van der Waals surface area contributed by atoms with Crippen molar-refractivity contribution in [1.29, 1.82) is 0 Å². The van der Waals surface area contributed by atoms with Crippen molar-refractivity contribution in [3.8, 4) is 0 Å². The maximum absolute atomic E-state index is 13.2. The maximum Gasteiger partial charge on any atom is 0.251 e. The number of hydrogen-bond acceptors (Lipinski definition) is 3. The van der Waals surface area contributed by atoms with Gasteiger partial charge in [0.2, 0.25) is 5.91 Å². The molecule has 0 unspecified atom stereocenters. The largest absolute Gasteiger partial charge is 0.339 e. The van der Waals surface area contributed by atoms with Crippen LogP contribution in [-0.2, 0) is 22.6 Å². The van der Waals surface area contributed by atoms with Gasteiger partial charge in [0.1, 0.15) is 6.04 Å². The Morgan fingerprint density at radius 3 is 2.22 bits per heavy atom. The van der Waals surface area contributed by atoms with Crippen LogP contribution in [0.15, 0.2) is 72.8 Å². The molecule has 3 N–H and O–H groups in total. The fraction of sp³-hybridized carbons (Fsp3) is 0.231. The summed E-state index contributed by atoms with van der Waals surface area (Å²) in [5, 5.41) is 9.23. The first-order valence-corrected chi connectivity index (χ1v) is 10.5. The smallest absolute Gasteiger partial charge is 0.251 e. The fourth-order valence-corrected chi connectivity index (χ4v) is 4.09. The number of fused-ring (bicyclic) bond motifs is 1. The summed E-state index contributed by atoms with van der Waals surface area (Å²) in [7, 11) is 0. The van der Waals surface area contributed by atoms with Crippen LogP contribution in [-0.4, -0.2) is 17.9 Å². The van der Waals surface area contributed by atoms with Gasteiger partial charge in [-0.15, -0.1) is 12.4 Å². The van der Waals surface area contributed by atoms with E-state index in [-0.39, 0.29) is 30.3 Å². The lowest BCUT2D eigenvalue weighted by atomic mass is 9.95. The molecule has 0 aromatic heterocycles. The van der Waals surface area contributed by atoms with Crippen LogP contribution in [0.1, 0.15) is 33.9 Å². The van der Waals surface area contributed by atoms with Crippen molar-refractivity contribution in [2.45, 2.75) is 38.9 Å². The summed E-state index contributed by atoms with van der Waals surface area (Å²) in [5.74, 6) is -0.445. The van der Waals surface area contributed by atoms with Gasteiger partial charge in [-0.1, -0.05) is 60.7 Å². The van der Waals surface area contributed by atoms with Gasteiger partial charge in [0.05, 0.1) is 6.04 Å². The van der Waals surface area contributed by atoms with Crippen molar-refractivity contribution in [3.05, 3.63) is 101 Å². The first-order valence-electron chi connectivity index (χ1n) is 10.5. The Morgan fingerprint density at radius 1 is 0.906 bits per heavy atom. The topological polar surface area (TPSA) is 70.2 Å². The van der Waals surface area contributed by atoms with Gasteiger partial charge in [0, 0.05) is 12.2 Å². The fourth-order valence-electron chi connectivity index (χ4n) is 4.09. The van der Waals surface area contributed by atoms with Gasteiger partial charge < -0.3 is 16.0 Å². The van der Waals surface area contributed by atoms with Crippen molar-refractivity contribution in [1.82, 2.24) is 10.6 Å². The molecule has 0 saturated heterocycles. The van der Waals surface area contributed by atoms with E-state index in [2.05, 4.69) is 34.1 Å². The van der Waals surface area contributed by atoms with Crippen molar-refractivity contribution >= 4 is 29.9 Å². The number of aryl methyl sites for hydroxylation is 2. The van der Waals surface area contributed by atoms with Crippen LogP contribution < -0.4 is 16.0 Å². The van der Waals surface area contributed by atoms with E-state index < -0.39 is 6.04 Å². The number of amides is 2. The minimum atomic E-state index is -0.784. The summed E-state index contributed by atoms with van der Waals surface area (Å²) in [6.45, 7) is 4.62. The molecule has 32 heavy (non-hydrogen) atoms. The Bertz CT molecular complexity index is 1080. The third-order valence-electron chi connectivity index (χ3n) is 5.57. The van der Waals surface area contributed by atoms with Crippen LogP contribution in [0, 0.1) is 13.8 Å². The molecule has 166 valence electrons. The summed E-state index contributed by atoms with van der Waals surface area (Å²) >= 11 is 0. The van der Waals surface area contributed by atoms with Crippen molar-refractivity contribution < 1.29 is 9.59 Å². The summed E-state index contributed by atoms with van der Waals surface area (Å²) in [4.78, 5) is 26.3. The van der Waals surface area contributed by atoms with E-state index in [4.69, 9.17) is 0 Å². The van der Waals surface area contributed by atoms with Gasteiger partial charge in [-0.25, -0.2) is 0 Å². The monoisotopic (exact) mass is 449 g/mol. The number of halogens is 1. The lowest BCUT2D eigenvalue weighted by Crippen LogP contribution is -2.50. The highest BCUT2D eigenvalue weighted by atomic mass is 35.5. The van der Waals surface area contributed by atoms with Crippen LogP contribution >= 0.6 is 12.4 Å². The molecule has 1 aliphatic rings. The molecule has 0 spiro atoms. The predicted molar refractivity (Wildman–Crippen MR) is 130 cm³/mol. The molecule has 0 saturated carbocycles. The summed E-state index contributed by atoms with van der Waals surface area (Å²) < 4.78 is 0. The number of anilines is 1. The van der Waals surface area contributed by atoms with Gasteiger partial charge >= 0.3 is 0 Å². The molecule has 2 amide bonds. The Labute approximate surface area is 195 Å². The SMILES string of the molecule is Cc1cc(C)cc(NC(=O)[C@H](NC(=O)[C@@H]2Cc3ccccc3CN2)c2ccccc2)c1.Cl. The third-order valence-corrected chi connectivity index (χ3v) is 5.57. The zero-order chi connectivity index (χ0) is 21.8. The van der Waals surface area contributed by atoms with Crippen LogP contribution in [0.25, 0.3) is 0 Å². The highest BCUT2D eigenvalue weighted by Crippen LogP contribution is 2.20. The molecule has 1 aliphatic heterocycles. The standard InChI is InChI=1S/C26H27N3O2.ClH/c1-17-12-18(2)14-22(13-17)28-26(31)24(19-8-4-3-5-9-19)29-25(30)23-15-20-10-6-7-11-21(20)16-27-23;/h3-14,23-24,27H,15-16H2,1-2H3,(H,28,31)(H,29,30);1H/t23-,24+;/m0./s1. The van der Waals surface area contributed by atoms with E-state index >= 15 is 0 Å². The normalized spacial score (nSPS) is 15.6. The van der Waals surface area contributed by atoms with E-state index in [9.17, 15) is 9.59 Å². The zero-order valence-corrected chi connectivity index (χ0v) is 19.0. The minimum absolute atomic E-state index is 0. The second-order valence-electron chi connectivity index (χ2n) is 8.12. The van der Waals surface area contributed by atoms with Gasteiger partial charge in [-0.05, 0) is 60.2 Å². The minimum Gasteiger partial charge on any atom is -0.339 e. The van der Waals surface area contributed by atoms with Gasteiger partial charge in [0.25, 0.3) is 5.91 Å². The van der Waals surface area contributed by atoms with Crippen molar-refractivity contribution in [2.75, 3.05) is 5.32 Å². The molecule has 0 bridgehead atoms. The number of hydrogen-bond donors (Lipinski definition) is 3. The lowest BCUT2D eigenvalue weighted by Gasteiger charge is -2.27. The summed E-state index contributed by atoms with van der Waals surface area (Å²) in [6.07, 6.45) is 0.599. The Hall–Kier alpha value is -3.15. The van der Waals surface area contributed by atoms with Crippen LogP contribution in [0.4, 0.5) is 5.69 Å². The number of benzene rings is 3. The first kappa shape index (κ1) is 23.5. The second kappa shape index (κ2) is 10.4. The molecule has 0 aliphatic carbocycles. The second-order valence-corrected chi connectivity index (χ2v) is 8.12. The lowest BCUT2D eigenvalue weighted by molar-refractivity contribution is -0.128. The molecule has 3 aromatic rings. The number of nitrogens with one attached hydrogen (secondary N) is 3. The Kier molecular flexibility index (Phi) is 7.67. The number of carbonyl (C=O) groups excluding carboxylic acids is 2. The van der Waals surface area contributed by atoms with Crippen LogP contribution in [0.3, 0.4) is 0 Å². The van der Waals surface area contributed by atoms with Crippen LogP contribution in [0.2, 0.25) is 0 Å². The van der Waals surface area contributed by atoms with E-state index in [0.29, 0.717) is 13.0 Å². The highest BCUT2D eigenvalue weighted by Gasteiger charge is 2.29. The molecule has 0 fully saturated rings. The Morgan fingerprint density at radius 2 is 1.53 bits per heavy atom. The molecule has 3 aromatic carbocycles. The van der Waals surface area contributed by atoms with Crippen molar-refractivity contribution in [2.24, 2.45) is 0 Å². The Balaban J connectivity index is 0.00000289. The number of rotatable bonds is 5. The molecule has 6 heteroatoms. The molecule has 0 radical (unpaired) electrons. The van der Waals surface area contributed by atoms with E-state index in [1.165, 1.54) is 5.56 Å². The first-order chi connectivity index (χ1) is 15.0. The molecular weight excluding hydrogens is 422 g/mol. The maximum atomic E-state index is 13.2. The van der Waals surface area contributed by atoms with Crippen molar-refractivity contribution in [3.63, 3.8) is 0 Å². The predicted octanol–water partition coefficient (Wildman–Crippen LogP) is 4.24. The average molecular weight is 450 g/mol.